The summed E-state index contributed by atoms with van der Waals surface area (Å²) in [5, 5.41) is 0. The largest absolute Gasteiger partial charge is 0.271 e. The quantitative estimate of drug-likeness (QED) is 0.266. The van der Waals surface area contributed by atoms with Gasteiger partial charge < -0.3 is 0 Å². The van der Waals surface area contributed by atoms with Gasteiger partial charge in [-0.1, -0.05) is 84.0 Å². The SMILES string of the molecule is CCCCCCCCCCCCCCCNN. The molecule has 0 radical (unpaired) electrons. The molecule has 0 spiro atoms. The number of unbranched alkanes of at least 4 members (excludes halogenated alkanes) is 12. The van der Waals surface area contributed by atoms with Crippen LogP contribution >= 0.6 is 0 Å². The molecule has 0 aliphatic carbocycles. The van der Waals surface area contributed by atoms with Gasteiger partial charge in [-0.2, -0.15) is 0 Å². The van der Waals surface area contributed by atoms with Gasteiger partial charge in [-0.15, -0.1) is 0 Å². The summed E-state index contributed by atoms with van der Waals surface area (Å²) < 4.78 is 0. The van der Waals surface area contributed by atoms with Crippen molar-refractivity contribution in [3.8, 4) is 0 Å². The number of hydrogen-bond donors (Lipinski definition) is 2. The summed E-state index contributed by atoms with van der Waals surface area (Å²) in [5.41, 5.74) is 2.71. The predicted octanol–water partition coefficient (Wildman–Crippen LogP) is 4.54. The molecule has 0 amide bonds. The summed E-state index contributed by atoms with van der Waals surface area (Å²) >= 11 is 0. The maximum Gasteiger partial charge on any atom is 0.00974 e. The molecule has 0 saturated carbocycles. The molecule has 0 aromatic heterocycles. The molecule has 0 aromatic carbocycles. The van der Waals surface area contributed by atoms with Crippen LogP contribution in [0.15, 0.2) is 0 Å². The first-order valence-corrected chi connectivity index (χ1v) is 7.85. The first kappa shape index (κ1) is 16.9. The number of hydrogen-bond acceptors (Lipinski definition) is 2. The molecule has 2 nitrogen and oxygen atoms in total. The highest BCUT2D eigenvalue weighted by atomic mass is 15.2. The lowest BCUT2D eigenvalue weighted by molar-refractivity contribution is 0.534. The van der Waals surface area contributed by atoms with Crippen LogP contribution in [0.1, 0.15) is 90.4 Å². The van der Waals surface area contributed by atoms with Gasteiger partial charge >= 0.3 is 0 Å². The Kier molecular flexibility index (Phi) is 15.8. The highest BCUT2D eigenvalue weighted by molar-refractivity contribution is 4.49. The second-order valence-electron chi connectivity index (χ2n) is 5.20. The molecule has 0 fully saturated rings. The fourth-order valence-electron chi connectivity index (χ4n) is 2.24. The van der Waals surface area contributed by atoms with E-state index < -0.39 is 0 Å². The van der Waals surface area contributed by atoms with Crippen LogP contribution in [0.4, 0.5) is 0 Å². The van der Waals surface area contributed by atoms with Crippen LogP contribution in [0.25, 0.3) is 0 Å². The monoisotopic (exact) mass is 242 g/mol. The van der Waals surface area contributed by atoms with Crippen LogP contribution in [0.2, 0.25) is 0 Å². The molecule has 0 aliphatic heterocycles. The third-order valence-electron chi connectivity index (χ3n) is 3.42. The van der Waals surface area contributed by atoms with Crippen LogP contribution in [0, 0.1) is 0 Å². The van der Waals surface area contributed by atoms with Crippen LogP contribution < -0.4 is 11.3 Å². The van der Waals surface area contributed by atoms with Crippen LogP contribution in [-0.2, 0) is 0 Å². The van der Waals surface area contributed by atoms with Gasteiger partial charge in [-0.25, -0.2) is 0 Å². The maximum atomic E-state index is 5.22. The third-order valence-corrected chi connectivity index (χ3v) is 3.42. The fourth-order valence-corrected chi connectivity index (χ4v) is 2.24. The number of nitrogens with one attached hydrogen (secondary N) is 1. The molecular weight excluding hydrogens is 208 g/mol. The third kappa shape index (κ3) is 15.9. The van der Waals surface area contributed by atoms with E-state index in [1.165, 1.54) is 83.5 Å². The van der Waals surface area contributed by atoms with E-state index in [4.69, 9.17) is 5.84 Å². The number of nitrogens with two attached hydrogens (primary N) is 1. The van der Waals surface area contributed by atoms with Crippen molar-refractivity contribution >= 4 is 0 Å². The summed E-state index contributed by atoms with van der Waals surface area (Å²) in [6.07, 6.45) is 18.3. The molecule has 17 heavy (non-hydrogen) atoms. The molecule has 104 valence electrons. The van der Waals surface area contributed by atoms with E-state index in [0.29, 0.717) is 0 Å². The molecule has 0 bridgehead atoms. The van der Waals surface area contributed by atoms with E-state index in [-0.39, 0.29) is 0 Å². The minimum atomic E-state index is 0.970. The molecule has 3 N–H and O–H groups in total. The minimum Gasteiger partial charge on any atom is -0.271 e. The maximum absolute atomic E-state index is 5.22. The van der Waals surface area contributed by atoms with Gasteiger partial charge in [0, 0.05) is 6.54 Å². The lowest BCUT2D eigenvalue weighted by Gasteiger charge is -2.02. The van der Waals surface area contributed by atoms with Gasteiger partial charge in [-0.05, 0) is 6.42 Å². The Morgan fingerprint density at radius 1 is 0.588 bits per heavy atom. The summed E-state index contributed by atoms with van der Waals surface area (Å²) in [6, 6.07) is 0. The first-order chi connectivity index (χ1) is 8.41. The fraction of sp³-hybridized carbons (Fsp3) is 1.00. The number of hydrazine groups is 1. The van der Waals surface area contributed by atoms with Gasteiger partial charge in [0.15, 0.2) is 0 Å². The standard InChI is InChI=1S/C15H34N2/c1-2-3-4-5-6-7-8-9-10-11-12-13-14-15-17-16/h17H,2-16H2,1H3. The Morgan fingerprint density at radius 2 is 0.941 bits per heavy atom. The Morgan fingerprint density at radius 3 is 1.29 bits per heavy atom. The topological polar surface area (TPSA) is 38.0 Å². The normalized spacial score (nSPS) is 10.9. The lowest BCUT2D eigenvalue weighted by Crippen LogP contribution is -2.22. The van der Waals surface area contributed by atoms with Crippen LogP contribution in [-0.4, -0.2) is 6.54 Å². The van der Waals surface area contributed by atoms with Gasteiger partial charge in [0.1, 0.15) is 0 Å². The van der Waals surface area contributed by atoms with Crippen molar-refractivity contribution in [2.45, 2.75) is 90.4 Å². The van der Waals surface area contributed by atoms with Gasteiger partial charge in [0.2, 0.25) is 0 Å². The second-order valence-corrected chi connectivity index (χ2v) is 5.20. The van der Waals surface area contributed by atoms with Crippen molar-refractivity contribution in [3.63, 3.8) is 0 Å². The smallest absolute Gasteiger partial charge is 0.00974 e. The van der Waals surface area contributed by atoms with Gasteiger partial charge in [0.25, 0.3) is 0 Å². The van der Waals surface area contributed by atoms with Crippen LogP contribution in [0.3, 0.4) is 0 Å². The van der Waals surface area contributed by atoms with E-state index in [1.807, 2.05) is 0 Å². The summed E-state index contributed by atoms with van der Waals surface area (Å²) in [6.45, 7) is 3.25. The molecule has 0 saturated heterocycles. The molecular formula is C15H34N2. The predicted molar refractivity (Wildman–Crippen MR) is 77.9 cm³/mol. The number of rotatable bonds is 14. The average molecular weight is 242 g/mol. The van der Waals surface area contributed by atoms with Gasteiger partial charge in [0.05, 0.1) is 0 Å². The first-order valence-electron chi connectivity index (χ1n) is 7.85. The van der Waals surface area contributed by atoms with Crippen molar-refractivity contribution in [3.05, 3.63) is 0 Å². The molecule has 2 heteroatoms. The molecule has 0 rings (SSSR count). The summed E-state index contributed by atoms with van der Waals surface area (Å²) in [7, 11) is 0. The van der Waals surface area contributed by atoms with E-state index in [2.05, 4.69) is 12.3 Å². The zero-order valence-corrected chi connectivity index (χ0v) is 12.0. The average Bonchev–Trinajstić information content (AvgIpc) is 2.35. The van der Waals surface area contributed by atoms with Crippen molar-refractivity contribution < 1.29 is 0 Å². The van der Waals surface area contributed by atoms with E-state index in [0.717, 1.165) is 6.54 Å². The highest BCUT2D eigenvalue weighted by Crippen LogP contribution is 2.12. The Labute approximate surface area is 109 Å². The Balaban J connectivity index is 2.85. The molecule has 0 aromatic rings. The minimum absolute atomic E-state index is 0.970. The molecule has 0 unspecified atom stereocenters. The zero-order chi connectivity index (χ0) is 12.6. The Hall–Kier alpha value is -0.0800. The highest BCUT2D eigenvalue weighted by Gasteiger charge is 1.93. The van der Waals surface area contributed by atoms with Gasteiger partial charge in [-0.3, -0.25) is 11.3 Å². The second kappa shape index (κ2) is 15.9. The van der Waals surface area contributed by atoms with E-state index in [1.54, 1.807) is 0 Å². The van der Waals surface area contributed by atoms with Crippen molar-refractivity contribution in [1.29, 1.82) is 0 Å². The summed E-state index contributed by atoms with van der Waals surface area (Å²) in [4.78, 5) is 0. The molecule has 0 heterocycles. The zero-order valence-electron chi connectivity index (χ0n) is 12.0. The lowest BCUT2D eigenvalue weighted by atomic mass is 10.0. The van der Waals surface area contributed by atoms with E-state index in [9.17, 15) is 0 Å². The van der Waals surface area contributed by atoms with Crippen molar-refractivity contribution in [2.24, 2.45) is 5.84 Å². The van der Waals surface area contributed by atoms with E-state index >= 15 is 0 Å². The summed E-state index contributed by atoms with van der Waals surface area (Å²) in [5.74, 6) is 5.22. The Bertz CT molecular complexity index is 112. The molecule has 0 atom stereocenters. The van der Waals surface area contributed by atoms with Crippen molar-refractivity contribution in [2.75, 3.05) is 6.54 Å². The van der Waals surface area contributed by atoms with Crippen molar-refractivity contribution in [1.82, 2.24) is 5.43 Å². The van der Waals surface area contributed by atoms with Crippen LogP contribution in [0.5, 0.6) is 0 Å². The molecule has 0 aliphatic rings.